The summed E-state index contributed by atoms with van der Waals surface area (Å²) in [6, 6.07) is 9.60. The average molecular weight is 533 g/mol. The third kappa shape index (κ3) is 5.70. The van der Waals surface area contributed by atoms with Gasteiger partial charge in [0.25, 0.3) is 5.91 Å². The molecule has 0 aliphatic heterocycles. The van der Waals surface area contributed by atoms with Crippen LogP contribution in [-0.4, -0.2) is 70.2 Å². The van der Waals surface area contributed by atoms with Crippen molar-refractivity contribution in [1.82, 2.24) is 40.1 Å². The number of amides is 1. The number of fused-ring (bicyclic) bond motifs is 1. The fourth-order valence-electron chi connectivity index (χ4n) is 4.72. The number of nitrogens with zero attached hydrogens (tertiary/aromatic N) is 8. The van der Waals surface area contributed by atoms with E-state index >= 15 is 0 Å². The molecule has 1 aliphatic rings. The molecule has 4 heterocycles. The molecule has 1 aliphatic carbocycles. The van der Waals surface area contributed by atoms with E-state index in [1.54, 1.807) is 27.7 Å². The molecule has 5 rings (SSSR count). The number of carbonyl (C=O) groups is 1. The summed E-state index contributed by atoms with van der Waals surface area (Å²) in [5, 5.41) is 41.0. The summed E-state index contributed by atoms with van der Waals surface area (Å²) in [7, 11) is 0. The Labute approximate surface area is 223 Å². The fourth-order valence-corrected chi connectivity index (χ4v) is 4.72. The number of rotatable bonds is 8. The lowest BCUT2D eigenvalue weighted by molar-refractivity contribution is -0.00177. The van der Waals surface area contributed by atoms with Crippen molar-refractivity contribution in [2.75, 3.05) is 11.9 Å². The van der Waals surface area contributed by atoms with Crippen LogP contribution in [0.4, 0.5) is 10.1 Å². The number of carbonyl (C=O) groups excluding carboxylic acids is 1. The summed E-state index contributed by atoms with van der Waals surface area (Å²) in [5.41, 5.74) is 1.71. The highest BCUT2D eigenvalue weighted by atomic mass is 19.1. The van der Waals surface area contributed by atoms with Crippen molar-refractivity contribution in [3.8, 4) is 17.5 Å². The molecule has 1 saturated carbocycles. The molecule has 1 unspecified atom stereocenters. The summed E-state index contributed by atoms with van der Waals surface area (Å²) in [5.74, 6) is -0.498. The predicted molar refractivity (Wildman–Crippen MR) is 139 cm³/mol. The number of hydrogen-bond acceptors (Lipinski definition) is 9. The van der Waals surface area contributed by atoms with Gasteiger partial charge in [-0.15, -0.1) is 5.10 Å². The van der Waals surface area contributed by atoms with Gasteiger partial charge in [0.05, 0.1) is 58.1 Å². The highest BCUT2D eigenvalue weighted by Gasteiger charge is 2.28. The van der Waals surface area contributed by atoms with Gasteiger partial charge in [-0.25, -0.2) is 13.6 Å². The second-order valence-electron chi connectivity index (χ2n) is 10.3. The van der Waals surface area contributed by atoms with Crippen LogP contribution in [0.25, 0.3) is 16.9 Å². The van der Waals surface area contributed by atoms with Gasteiger partial charge in [-0.2, -0.15) is 10.4 Å². The van der Waals surface area contributed by atoms with E-state index in [4.69, 9.17) is 0 Å². The van der Waals surface area contributed by atoms with Gasteiger partial charge in [-0.05, 0) is 74.2 Å². The lowest BCUT2D eigenvalue weighted by atomic mass is 9.91. The van der Waals surface area contributed by atoms with Gasteiger partial charge in [0, 0.05) is 12.2 Å². The first-order valence-corrected chi connectivity index (χ1v) is 12.7. The first-order valence-electron chi connectivity index (χ1n) is 12.7. The molecule has 0 saturated heterocycles. The predicted octanol–water partition coefficient (Wildman–Crippen LogP) is 2.69. The maximum atomic E-state index is 14.3. The zero-order chi connectivity index (χ0) is 27.6. The first kappa shape index (κ1) is 26.2. The lowest BCUT2D eigenvalue weighted by Crippen LogP contribution is -2.42. The topological polar surface area (TPSA) is 159 Å². The van der Waals surface area contributed by atoms with Gasteiger partial charge in [0.15, 0.2) is 0 Å². The molecule has 4 aromatic heterocycles. The Morgan fingerprint density at radius 1 is 1.26 bits per heavy atom. The van der Waals surface area contributed by atoms with E-state index in [9.17, 15) is 19.6 Å². The zero-order valence-corrected chi connectivity index (χ0v) is 21.6. The van der Waals surface area contributed by atoms with Crippen LogP contribution in [-0.2, 0) is 0 Å². The summed E-state index contributed by atoms with van der Waals surface area (Å²) < 4.78 is 17.8. The van der Waals surface area contributed by atoms with E-state index < -0.39 is 17.7 Å². The zero-order valence-electron chi connectivity index (χ0n) is 21.6. The Morgan fingerprint density at radius 3 is 2.74 bits per heavy atom. The fraction of sp³-hybridized carbons (Fsp3) is 0.423. The van der Waals surface area contributed by atoms with Crippen LogP contribution < -0.4 is 10.6 Å². The largest absolute Gasteiger partial charge is 0.387 e. The minimum absolute atomic E-state index is 0.0881. The molecular formula is C26H29FN10O2. The number of anilines is 1. The van der Waals surface area contributed by atoms with Crippen molar-refractivity contribution < 1.29 is 14.3 Å². The highest BCUT2D eigenvalue weighted by Crippen LogP contribution is 2.32. The number of nitriles is 1. The number of aromatic nitrogens is 7. The minimum atomic E-state index is -1.64. The first-order chi connectivity index (χ1) is 18.7. The molecule has 12 nitrogen and oxygen atoms in total. The normalized spacial score (nSPS) is 18.4. The Kier molecular flexibility index (Phi) is 7.21. The van der Waals surface area contributed by atoms with Crippen LogP contribution in [0.3, 0.4) is 0 Å². The molecule has 0 spiro atoms. The minimum Gasteiger partial charge on any atom is -0.387 e. The SMILES string of the molecule is CC(C)(O)C(F)CNC(=O)c1cnc(-c2ccc3cc(C#N)cnn23)cc1NC1CCC(n2cnnn2)CC1. The molecule has 13 heteroatoms. The second-order valence-corrected chi connectivity index (χ2v) is 10.3. The van der Waals surface area contributed by atoms with Crippen molar-refractivity contribution in [2.45, 2.75) is 63.4 Å². The lowest BCUT2D eigenvalue weighted by Gasteiger charge is -2.30. The van der Waals surface area contributed by atoms with E-state index in [0.717, 1.165) is 31.2 Å². The van der Waals surface area contributed by atoms with Gasteiger partial charge in [0.1, 0.15) is 18.6 Å². The molecule has 1 amide bonds. The van der Waals surface area contributed by atoms with Crippen LogP contribution in [0.15, 0.2) is 43.0 Å². The highest BCUT2D eigenvalue weighted by molar-refractivity contribution is 6.00. The van der Waals surface area contributed by atoms with Crippen LogP contribution in [0.2, 0.25) is 0 Å². The van der Waals surface area contributed by atoms with Gasteiger partial charge in [0.2, 0.25) is 0 Å². The Bertz CT molecular complexity index is 1500. The molecule has 39 heavy (non-hydrogen) atoms. The van der Waals surface area contributed by atoms with Crippen molar-refractivity contribution in [2.24, 2.45) is 0 Å². The molecular weight excluding hydrogens is 503 g/mol. The molecule has 4 aromatic rings. The van der Waals surface area contributed by atoms with E-state index in [2.05, 4.69) is 42.3 Å². The van der Waals surface area contributed by atoms with Crippen LogP contribution in [0.1, 0.15) is 61.5 Å². The van der Waals surface area contributed by atoms with Crippen LogP contribution in [0.5, 0.6) is 0 Å². The maximum absolute atomic E-state index is 14.3. The number of nitrogens with one attached hydrogen (secondary N) is 2. The van der Waals surface area contributed by atoms with E-state index in [1.165, 1.54) is 26.2 Å². The maximum Gasteiger partial charge on any atom is 0.255 e. The molecule has 0 radical (unpaired) electrons. The number of pyridine rings is 1. The van der Waals surface area contributed by atoms with Crippen molar-refractivity contribution in [3.63, 3.8) is 0 Å². The Morgan fingerprint density at radius 2 is 2.05 bits per heavy atom. The van der Waals surface area contributed by atoms with E-state index in [1.807, 2.05) is 12.1 Å². The smallest absolute Gasteiger partial charge is 0.255 e. The number of halogens is 1. The number of aliphatic hydroxyl groups is 1. The summed E-state index contributed by atoms with van der Waals surface area (Å²) >= 11 is 0. The number of tetrazole rings is 1. The van der Waals surface area contributed by atoms with Gasteiger partial charge in [-0.1, -0.05) is 0 Å². The van der Waals surface area contributed by atoms with Gasteiger partial charge in [-0.3, -0.25) is 9.78 Å². The molecule has 202 valence electrons. The van der Waals surface area contributed by atoms with Crippen molar-refractivity contribution in [1.29, 1.82) is 5.26 Å². The third-order valence-corrected chi connectivity index (χ3v) is 7.04. The summed E-state index contributed by atoms with van der Waals surface area (Å²) in [6.07, 6.45) is 6.33. The van der Waals surface area contributed by atoms with Gasteiger partial charge < -0.3 is 15.7 Å². The second kappa shape index (κ2) is 10.7. The quantitative estimate of drug-likeness (QED) is 0.310. The molecule has 1 fully saturated rings. The summed E-state index contributed by atoms with van der Waals surface area (Å²) in [4.78, 5) is 17.6. The van der Waals surface area contributed by atoms with Crippen molar-refractivity contribution >= 4 is 17.1 Å². The van der Waals surface area contributed by atoms with Crippen LogP contribution >= 0.6 is 0 Å². The summed E-state index contributed by atoms with van der Waals surface area (Å²) in [6.45, 7) is 2.37. The molecule has 0 bridgehead atoms. The van der Waals surface area contributed by atoms with E-state index in [-0.39, 0.29) is 24.2 Å². The van der Waals surface area contributed by atoms with Crippen LogP contribution in [0, 0.1) is 11.3 Å². The van der Waals surface area contributed by atoms with E-state index in [0.29, 0.717) is 22.6 Å². The Hall–Kier alpha value is -4.44. The van der Waals surface area contributed by atoms with Crippen molar-refractivity contribution in [3.05, 3.63) is 54.1 Å². The molecule has 3 N–H and O–H groups in total. The average Bonchev–Trinajstić information content (AvgIpc) is 3.61. The molecule has 0 aromatic carbocycles. The standard InChI is InChI=1S/C26H29FN10O2/c1-26(2,39)24(27)14-30-25(38)20-13-29-22(23-8-7-19-9-16(11-28)12-32-37(19)23)10-21(20)33-17-3-5-18(6-4-17)36-15-31-34-35-36/h7-10,12-13,15,17-18,24,39H,3-6,14H2,1-2H3,(H,29,33)(H,30,38). The van der Waals surface area contributed by atoms with Gasteiger partial charge >= 0.3 is 0 Å². The Balaban J connectivity index is 1.41. The number of hydrogen-bond donors (Lipinski definition) is 3. The molecule has 1 atom stereocenters. The monoisotopic (exact) mass is 532 g/mol. The number of alkyl halides is 1. The third-order valence-electron chi connectivity index (χ3n) is 7.04.